The lowest BCUT2D eigenvalue weighted by Crippen LogP contribution is -2.40. The smallest absolute Gasteiger partial charge is 0.191 e. The van der Waals surface area contributed by atoms with Crippen LogP contribution in [-0.2, 0) is 15.9 Å². The minimum Gasteiger partial charge on any atom is -0.469 e. The molecule has 2 aliphatic rings. The van der Waals surface area contributed by atoms with Gasteiger partial charge < -0.3 is 24.5 Å². The van der Waals surface area contributed by atoms with Crippen LogP contribution in [0.25, 0.3) is 0 Å². The van der Waals surface area contributed by atoms with Crippen LogP contribution in [0, 0.1) is 0 Å². The van der Waals surface area contributed by atoms with Crippen molar-refractivity contribution < 1.29 is 13.9 Å². The number of rotatable bonds is 8. The normalized spacial score (nSPS) is 24.4. The molecule has 2 fully saturated rings. The van der Waals surface area contributed by atoms with Crippen molar-refractivity contribution in [3.05, 3.63) is 24.2 Å². The molecule has 6 heteroatoms. The van der Waals surface area contributed by atoms with Gasteiger partial charge in [-0.3, -0.25) is 4.99 Å². The SMILES string of the molecule is c1coc(CCNC(=NCC2CCCCO2)NCCC2CCCCO2)c1. The third kappa shape index (κ3) is 7.00. The molecule has 2 N–H and O–H groups in total. The Balaban J connectivity index is 1.42. The molecular formula is C20H33N3O3. The first kappa shape index (κ1) is 19.2. The predicted molar refractivity (Wildman–Crippen MR) is 103 cm³/mol. The lowest BCUT2D eigenvalue weighted by molar-refractivity contribution is 0.0121. The molecule has 2 atom stereocenters. The minimum atomic E-state index is 0.258. The fourth-order valence-electron chi connectivity index (χ4n) is 3.46. The highest BCUT2D eigenvalue weighted by atomic mass is 16.5. The van der Waals surface area contributed by atoms with E-state index in [0.29, 0.717) is 6.10 Å². The van der Waals surface area contributed by atoms with E-state index in [1.807, 2.05) is 12.1 Å². The van der Waals surface area contributed by atoms with Gasteiger partial charge in [-0.15, -0.1) is 0 Å². The van der Waals surface area contributed by atoms with Gasteiger partial charge >= 0.3 is 0 Å². The molecule has 1 aromatic rings. The Bertz CT molecular complexity index is 506. The first-order valence-electron chi connectivity index (χ1n) is 10.2. The van der Waals surface area contributed by atoms with Crippen LogP contribution in [-0.4, -0.2) is 51.0 Å². The molecule has 0 saturated carbocycles. The highest BCUT2D eigenvalue weighted by molar-refractivity contribution is 5.79. The van der Waals surface area contributed by atoms with Crippen molar-refractivity contribution >= 4 is 5.96 Å². The zero-order valence-corrected chi connectivity index (χ0v) is 15.8. The highest BCUT2D eigenvalue weighted by Crippen LogP contribution is 2.15. The third-order valence-electron chi connectivity index (χ3n) is 5.00. The molecule has 0 radical (unpaired) electrons. The number of guanidine groups is 1. The Labute approximate surface area is 156 Å². The van der Waals surface area contributed by atoms with Gasteiger partial charge in [0.15, 0.2) is 5.96 Å². The summed E-state index contributed by atoms with van der Waals surface area (Å²) in [5, 5.41) is 6.88. The van der Waals surface area contributed by atoms with Gasteiger partial charge in [0.2, 0.25) is 0 Å². The number of ether oxygens (including phenoxy) is 2. The lowest BCUT2D eigenvalue weighted by Gasteiger charge is -2.23. The molecule has 0 aromatic carbocycles. The number of nitrogens with zero attached hydrogens (tertiary/aromatic N) is 1. The number of hydrogen-bond acceptors (Lipinski definition) is 4. The van der Waals surface area contributed by atoms with Crippen LogP contribution in [0.3, 0.4) is 0 Å². The molecule has 6 nitrogen and oxygen atoms in total. The van der Waals surface area contributed by atoms with Gasteiger partial charge in [-0.2, -0.15) is 0 Å². The number of furan rings is 1. The van der Waals surface area contributed by atoms with E-state index in [9.17, 15) is 0 Å². The number of aliphatic imine (C=N–C) groups is 1. The second-order valence-electron chi connectivity index (χ2n) is 7.14. The number of hydrogen-bond donors (Lipinski definition) is 2. The largest absolute Gasteiger partial charge is 0.469 e. The molecule has 0 bridgehead atoms. The monoisotopic (exact) mass is 363 g/mol. The summed E-state index contributed by atoms with van der Waals surface area (Å²) >= 11 is 0. The predicted octanol–water partition coefficient (Wildman–Crippen LogP) is 2.89. The van der Waals surface area contributed by atoms with Crippen molar-refractivity contribution in [1.82, 2.24) is 10.6 Å². The van der Waals surface area contributed by atoms with E-state index in [-0.39, 0.29) is 6.10 Å². The summed E-state index contributed by atoms with van der Waals surface area (Å²) in [4.78, 5) is 4.75. The van der Waals surface area contributed by atoms with E-state index in [1.54, 1.807) is 6.26 Å². The molecule has 2 unspecified atom stereocenters. The molecule has 146 valence electrons. The van der Waals surface area contributed by atoms with E-state index in [4.69, 9.17) is 18.9 Å². The lowest BCUT2D eigenvalue weighted by atomic mass is 10.1. The second kappa shape index (κ2) is 11.2. The molecule has 0 spiro atoms. The highest BCUT2D eigenvalue weighted by Gasteiger charge is 2.15. The standard InChI is InChI=1S/C20H33N3O3/c1-3-13-24-17(6-1)9-11-21-20(22-12-10-18-8-5-15-25-18)23-16-19-7-2-4-14-26-19/h5,8,15,17,19H,1-4,6-7,9-14,16H2,(H2,21,22,23). The Morgan fingerprint density at radius 2 is 1.77 bits per heavy atom. The zero-order chi connectivity index (χ0) is 17.9. The van der Waals surface area contributed by atoms with Crippen molar-refractivity contribution in [2.75, 3.05) is 32.8 Å². The molecule has 2 saturated heterocycles. The van der Waals surface area contributed by atoms with Crippen LogP contribution < -0.4 is 10.6 Å². The quantitative estimate of drug-likeness (QED) is 0.549. The van der Waals surface area contributed by atoms with Crippen molar-refractivity contribution in [1.29, 1.82) is 0 Å². The van der Waals surface area contributed by atoms with Crippen LogP contribution in [0.1, 0.15) is 50.7 Å². The fourth-order valence-corrected chi connectivity index (χ4v) is 3.46. The van der Waals surface area contributed by atoms with Gasteiger partial charge in [0.25, 0.3) is 0 Å². The minimum absolute atomic E-state index is 0.258. The van der Waals surface area contributed by atoms with Crippen LogP contribution in [0.5, 0.6) is 0 Å². The topological polar surface area (TPSA) is 68.0 Å². The molecule has 2 aliphatic heterocycles. The first-order chi connectivity index (χ1) is 12.9. The summed E-state index contributed by atoms with van der Waals surface area (Å²) in [6.07, 6.45) is 11.4. The average molecular weight is 364 g/mol. The summed E-state index contributed by atoms with van der Waals surface area (Å²) in [5.74, 6) is 1.85. The van der Waals surface area contributed by atoms with E-state index >= 15 is 0 Å². The Kier molecular flexibility index (Phi) is 8.32. The molecular weight excluding hydrogens is 330 g/mol. The van der Waals surface area contributed by atoms with Crippen LogP contribution in [0.2, 0.25) is 0 Å². The number of nitrogens with one attached hydrogen (secondary N) is 2. The maximum Gasteiger partial charge on any atom is 0.191 e. The zero-order valence-electron chi connectivity index (χ0n) is 15.8. The maximum atomic E-state index is 5.81. The molecule has 0 amide bonds. The van der Waals surface area contributed by atoms with Gasteiger partial charge in [0.1, 0.15) is 5.76 Å². The van der Waals surface area contributed by atoms with E-state index in [0.717, 1.165) is 63.8 Å². The summed E-state index contributed by atoms with van der Waals surface area (Å²) in [7, 11) is 0. The van der Waals surface area contributed by atoms with E-state index in [1.165, 1.54) is 32.1 Å². The molecule has 26 heavy (non-hydrogen) atoms. The van der Waals surface area contributed by atoms with Crippen LogP contribution in [0.4, 0.5) is 0 Å². The molecule has 0 aliphatic carbocycles. The summed E-state index contributed by atoms with van der Waals surface area (Å²) in [6, 6.07) is 3.93. The van der Waals surface area contributed by atoms with Crippen LogP contribution >= 0.6 is 0 Å². The van der Waals surface area contributed by atoms with Gasteiger partial charge in [-0.1, -0.05) is 0 Å². The van der Waals surface area contributed by atoms with Crippen molar-refractivity contribution in [3.63, 3.8) is 0 Å². The second-order valence-corrected chi connectivity index (χ2v) is 7.14. The van der Waals surface area contributed by atoms with Crippen molar-refractivity contribution in [3.8, 4) is 0 Å². The fraction of sp³-hybridized carbons (Fsp3) is 0.750. The van der Waals surface area contributed by atoms with Gasteiger partial charge in [0.05, 0.1) is 25.0 Å². The van der Waals surface area contributed by atoms with Gasteiger partial charge in [0, 0.05) is 32.7 Å². The summed E-state index contributed by atoms with van der Waals surface area (Å²) in [5.41, 5.74) is 0. The van der Waals surface area contributed by atoms with Crippen molar-refractivity contribution in [2.45, 2.75) is 63.6 Å². The van der Waals surface area contributed by atoms with E-state index in [2.05, 4.69) is 10.6 Å². The summed E-state index contributed by atoms with van der Waals surface area (Å²) in [6.45, 7) is 4.17. The molecule has 3 rings (SSSR count). The van der Waals surface area contributed by atoms with Gasteiger partial charge in [-0.25, -0.2) is 0 Å². The summed E-state index contributed by atoms with van der Waals surface area (Å²) < 4.78 is 17.0. The maximum absolute atomic E-state index is 5.81. The Hall–Kier alpha value is -1.53. The Morgan fingerprint density at radius 3 is 2.46 bits per heavy atom. The molecule has 3 heterocycles. The van der Waals surface area contributed by atoms with Crippen molar-refractivity contribution in [2.24, 2.45) is 4.99 Å². The first-order valence-corrected chi connectivity index (χ1v) is 10.2. The van der Waals surface area contributed by atoms with E-state index < -0.39 is 0 Å². The van der Waals surface area contributed by atoms with Gasteiger partial charge in [-0.05, 0) is 57.1 Å². The van der Waals surface area contributed by atoms with Crippen LogP contribution in [0.15, 0.2) is 27.8 Å². The Morgan fingerprint density at radius 1 is 1.00 bits per heavy atom. The third-order valence-corrected chi connectivity index (χ3v) is 5.00. The average Bonchev–Trinajstić information content (AvgIpc) is 3.21. The molecule has 1 aromatic heterocycles.